The molecule has 0 fully saturated rings. The van der Waals surface area contributed by atoms with E-state index in [0.717, 1.165) is 0 Å². The van der Waals surface area contributed by atoms with Crippen LogP contribution >= 0.6 is 0 Å². The molecular formula is C15H14N2O3. The second-order valence-electron chi connectivity index (χ2n) is 3.98. The lowest BCUT2D eigenvalue weighted by molar-refractivity contribution is 0.407. The molecule has 2 aromatic carbocycles. The molecule has 5 nitrogen and oxygen atoms in total. The predicted molar refractivity (Wildman–Crippen MR) is 75.2 cm³/mol. The Hall–Kier alpha value is -2.87. The van der Waals surface area contributed by atoms with Crippen molar-refractivity contribution in [3.63, 3.8) is 0 Å². The number of benzene rings is 2. The molecule has 0 radical (unpaired) electrons. The van der Waals surface area contributed by atoms with Gasteiger partial charge in [0.1, 0.15) is 29.1 Å². The van der Waals surface area contributed by atoms with Crippen molar-refractivity contribution in [3.05, 3.63) is 42.0 Å². The van der Waals surface area contributed by atoms with Gasteiger partial charge in [0, 0.05) is 12.1 Å². The number of hydrogen-bond donors (Lipinski definition) is 1. The summed E-state index contributed by atoms with van der Waals surface area (Å²) in [5, 5.41) is 9.08. The minimum absolute atomic E-state index is 0.413. The third-order valence-electron chi connectivity index (χ3n) is 2.74. The highest BCUT2D eigenvalue weighted by Gasteiger charge is 2.08. The number of nitriles is 1. The maximum absolute atomic E-state index is 9.08. The van der Waals surface area contributed by atoms with E-state index in [1.807, 2.05) is 0 Å². The van der Waals surface area contributed by atoms with Crippen LogP contribution in [-0.2, 0) is 0 Å². The first kappa shape index (κ1) is 13.6. The second-order valence-corrected chi connectivity index (χ2v) is 3.98. The van der Waals surface area contributed by atoms with Crippen LogP contribution in [0.1, 0.15) is 5.56 Å². The highest BCUT2D eigenvalue weighted by atomic mass is 16.5. The number of nitrogens with two attached hydrogens (primary N) is 1. The van der Waals surface area contributed by atoms with E-state index < -0.39 is 0 Å². The standard InChI is InChI=1S/C15H14N2O3/c1-18-11-4-3-10(9-16)15(8-11)20-12-5-6-14(19-2)13(17)7-12/h3-8H,17H2,1-2H3. The van der Waals surface area contributed by atoms with E-state index >= 15 is 0 Å². The lowest BCUT2D eigenvalue weighted by Crippen LogP contribution is -1.94. The molecular weight excluding hydrogens is 256 g/mol. The number of rotatable bonds is 4. The number of nitrogens with zero attached hydrogens (tertiary/aromatic N) is 1. The van der Waals surface area contributed by atoms with Crippen LogP contribution in [0.3, 0.4) is 0 Å². The van der Waals surface area contributed by atoms with Crippen LogP contribution in [0.15, 0.2) is 36.4 Å². The van der Waals surface area contributed by atoms with Crippen LogP contribution < -0.4 is 19.9 Å². The Labute approximate surface area is 117 Å². The lowest BCUT2D eigenvalue weighted by atomic mass is 10.2. The summed E-state index contributed by atoms with van der Waals surface area (Å²) in [5.74, 6) is 2.12. The molecule has 102 valence electrons. The molecule has 0 atom stereocenters. The Kier molecular flexibility index (Phi) is 3.96. The van der Waals surface area contributed by atoms with Gasteiger partial charge in [-0.25, -0.2) is 0 Å². The largest absolute Gasteiger partial charge is 0.497 e. The van der Waals surface area contributed by atoms with Gasteiger partial charge in [0.05, 0.1) is 25.5 Å². The Morgan fingerprint density at radius 1 is 0.950 bits per heavy atom. The number of hydrogen-bond acceptors (Lipinski definition) is 5. The average Bonchev–Trinajstić information content (AvgIpc) is 2.47. The summed E-state index contributed by atoms with van der Waals surface area (Å²) in [6.45, 7) is 0. The van der Waals surface area contributed by atoms with Gasteiger partial charge in [-0.2, -0.15) is 5.26 Å². The number of nitrogen functional groups attached to an aromatic ring is 1. The molecule has 0 aliphatic heterocycles. The van der Waals surface area contributed by atoms with Crippen molar-refractivity contribution in [1.82, 2.24) is 0 Å². The minimum atomic E-state index is 0.413. The van der Waals surface area contributed by atoms with Gasteiger partial charge >= 0.3 is 0 Å². The van der Waals surface area contributed by atoms with Gasteiger partial charge < -0.3 is 19.9 Å². The van der Waals surface area contributed by atoms with E-state index in [1.54, 1.807) is 50.6 Å². The van der Waals surface area contributed by atoms with Gasteiger partial charge in [-0.15, -0.1) is 0 Å². The van der Waals surface area contributed by atoms with Crippen LogP contribution in [-0.4, -0.2) is 14.2 Å². The molecule has 20 heavy (non-hydrogen) atoms. The van der Waals surface area contributed by atoms with E-state index in [9.17, 15) is 0 Å². The summed E-state index contributed by atoms with van der Waals surface area (Å²) >= 11 is 0. The van der Waals surface area contributed by atoms with Crippen molar-refractivity contribution in [2.75, 3.05) is 20.0 Å². The third-order valence-corrected chi connectivity index (χ3v) is 2.74. The first-order valence-corrected chi connectivity index (χ1v) is 5.87. The second kappa shape index (κ2) is 5.85. The van der Waals surface area contributed by atoms with E-state index in [2.05, 4.69) is 6.07 Å². The first-order chi connectivity index (χ1) is 9.67. The van der Waals surface area contributed by atoms with Crippen LogP contribution in [0.25, 0.3) is 0 Å². The Bertz CT molecular complexity index is 663. The summed E-state index contributed by atoms with van der Waals surface area (Å²) in [7, 11) is 3.10. The highest BCUT2D eigenvalue weighted by molar-refractivity contribution is 5.57. The van der Waals surface area contributed by atoms with Gasteiger partial charge in [0.2, 0.25) is 0 Å². The highest BCUT2D eigenvalue weighted by Crippen LogP contribution is 2.32. The number of ether oxygens (including phenoxy) is 3. The van der Waals surface area contributed by atoms with E-state index in [0.29, 0.717) is 34.2 Å². The fraction of sp³-hybridized carbons (Fsp3) is 0.133. The predicted octanol–water partition coefficient (Wildman–Crippen LogP) is 2.95. The van der Waals surface area contributed by atoms with Crippen LogP contribution in [0, 0.1) is 11.3 Å². The Morgan fingerprint density at radius 3 is 2.30 bits per heavy atom. The number of anilines is 1. The fourth-order valence-corrected chi connectivity index (χ4v) is 1.71. The zero-order valence-electron chi connectivity index (χ0n) is 11.2. The molecule has 2 N–H and O–H groups in total. The molecule has 5 heteroatoms. The summed E-state index contributed by atoms with van der Waals surface area (Å²) < 4.78 is 15.9. The Balaban J connectivity index is 2.34. The summed E-state index contributed by atoms with van der Waals surface area (Å²) in [6, 6.07) is 12.1. The normalized spacial score (nSPS) is 9.65. The van der Waals surface area contributed by atoms with Crippen molar-refractivity contribution in [2.45, 2.75) is 0 Å². The van der Waals surface area contributed by atoms with Crippen molar-refractivity contribution >= 4 is 5.69 Å². The molecule has 0 aliphatic carbocycles. The van der Waals surface area contributed by atoms with Gasteiger partial charge in [-0.3, -0.25) is 0 Å². The molecule has 0 aromatic heterocycles. The van der Waals surface area contributed by atoms with Gasteiger partial charge in [0.25, 0.3) is 0 Å². The lowest BCUT2D eigenvalue weighted by Gasteiger charge is -2.11. The van der Waals surface area contributed by atoms with Crippen LogP contribution in [0.5, 0.6) is 23.0 Å². The molecule has 0 saturated carbocycles. The molecule has 0 heterocycles. The zero-order valence-corrected chi connectivity index (χ0v) is 11.2. The van der Waals surface area contributed by atoms with Gasteiger partial charge in [0.15, 0.2) is 0 Å². The average molecular weight is 270 g/mol. The zero-order chi connectivity index (χ0) is 14.5. The molecule has 2 rings (SSSR count). The third kappa shape index (κ3) is 2.75. The Morgan fingerprint density at radius 2 is 1.70 bits per heavy atom. The van der Waals surface area contributed by atoms with Gasteiger partial charge in [-0.05, 0) is 24.3 Å². The quantitative estimate of drug-likeness (QED) is 0.864. The van der Waals surface area contributed by atoms with Crippen LogP contribution in [0.4, 0.5) is 5.69 Å². The van der Waals surface area contributed by atoms with Crippen molar-refractivity contribution in [1.29, 1.82) is 5.26 Å². The maximum atomic E-state index is 9.08. The topological polar surface area (TPSA) is 77.5 Å². The summed E-state index contributed by atoms with van der Waals surface area (Å²) in [6.07, 6.45) is 0. The molecule has 2 aromatic rings. The summed E-state index contributed by atoms with van der Waals surface area (Å²) in [4.78, 5) is 0. The molecule has 0 amide bonds. The molecule has 0 spiro atoms. The van der Waals surface area contributed by atoms with Crippen molar-refractivity contribution < 1.29 is 14.2 Å². The van der Waals surface area contributed by atoms with Crippen molar-refractivity contribution in [2.24, 2.45) is 0 Å². The first-order valence-electron chi connectivity index (χ1n) is 5.87. The molecule has 0 bridgehead atoms. The SMILES string of the molecule is COc1ccc(C#N)c(Oc2ccc(OC)c(N)c2)c1. The van der Waals surface area contributed by atoms with Gasteiger partial charge in [-0.1, -0.05) is 0 Å². The minimum Gasteiger partial charge on any atom is -0.497 e. The molecule has 0 aliphatic rings. The van der Waals surface area contributed by atoms with Crippen molar-refractivity contribution in [3.8, 4) is 29.1 Å². The molecule has 0 unspecified atom stereocenters. The summed E-state index contributed by atoms with van der Waals surface area (Å²) in [5.41, 5.74) is 6.70. The van der Waals surface area contributed by atoms with E-state index in [1.165, 1.54) is 0 Å². The molecule has 0 saturated heterocycles. The smallest absolute Gasteiger partial charge is 0.148 e. The van der Waals surface area contributed by atoms with E-state index in [-0.39, 0.29) is 0 Å². The van der Waals surface area contributed by atoms with Crippen LogP contribution in [0.2, 0.25) is 0 Å². The maximum Gasteiger partial charge on any atom is 0.148 e. The fourth-order valence-electron chi connectivity index (χ4n) is 1.71. The van der Waals surface area contributed by atoms with E-state index in [4.69, 9.17) is 25.2 Å². The monoisotopic (exact) mass is 270 g/mol. The number of methoxy groups -OCH3 is 2.